The van der Waals surface area contributed by atoms with Crippen LogP contribution >= 0.6 is 23.2 Å². The molecule has 0 radical (unpaired) electrons. The number of primary sulfonamides is 1. The number of benzene rings is 3. The Morgan fingerprint density at radius 1 is 0.933 bits per heavy atom. The maximum Gasteiger partial charge on any atom is 0.238 e. The molecule has 0 saturated heterocycles. The number of nitrogens with two attached hydrogens (primary N) is 2. The van der Waals surface area contributed by atoms with E-state index >= 15 is 0 Å². The molecule has 4 N–H and O–H groups in total. The van der Waals surface area contributed by atoms with Crippen molar-refractivity contribution in [1.29, 1.82) is 0 Å². The van der Waals surface area contributed by atoms with Crippen molar-refractivity contribution in [3.63, 3.8) is 0 Å². The molecule has 4 rings (SSSR count). The van der Waals surface area contributed by atoms with E-state index in [1.165, 1.54) is 24.3 Å². The van der Waals surface area contributed by atoms with Crippen LogP contribution in [-0.2, 0) is 10.0 Å². The highest BCUT2D eigenvalue weighted by atomic mass is 35.5. The smallest absolute Gasteiger partial charge is 0.238 e. The van der Waals surface area contributed by atoms with Crippen LogP contribution in [-0.4, -0.2) is 14.2 Å². The highest BCUT2D eigenvalue weighted by molar-refractivity contribution is 7.89. The zero-order valence-corrected chi connectivity index (χ0v) is 17.6. The van der Waals surface area contributed by atoms with Gasteiger partial charge < -0.3 is 10.2 Å². The largest absolute Gasteiger partial charge is 0.450 e. The van der Waals surface area contributed by atoms with Gasteiger partial charge in [-0.25, -0.2) is 13.6 Å². The first-order valence-corrected chi connectivity index (χ1v) is 10.9. The van der Waals surface area contributed by atoms with Gasteiger partial charge in [-0.3, -0.25) is 4.79 Å². The molecule has 0 spiro atoms. The first kappa shape index (κ1) is 20.4. The van der Waals surface area contributed by atoms with Gasteiger partial charge in [-0.2, -0.15) is 0 Å². The minimum atomic E-state index is -3.84. The summed E-state index contributed by atoms with van der Waals surface area (Å²) in [6.45, 7) is 0. The van der Waals surface area contributed by atoms with Gasteiger partial charge >= 0.3 is 0 Å². The molecule has 0 bridgehead atoms. The maximum absolute atomic E-state index is 12.9. The fourth-order valence-corrected chi connectivity index (χ4v) is 4.17. The van der Waals surface area contributed by atoms with Crippen LogP contribution in [0.1, 0.15) is 16.1 Å². The number of fused-ring (bicyclic) bond motifs is 1. The van der Waals surface area contributed by atoms with Crippen LogP contribution in [0.15, 0.2) is 70.0 Å². The van der Waals surface area contributed by atoms with Crippen molar-refractivity contribution in [2.24, 2.45) is 5.14 Å². The molecule has 152 valence electrons. The van der Waals surface area contributed by atoms with E-state index in [0.717, 1.165) is 0 Å². The monoisotopic (exact) mass is 460 g/mol. The lowest BCUT2D eigenvalue weighted by Gasteiger charge is -2.04. The summed E-state index contributed by atoms with van der Waals surface area (Å²) in [4.78, 5) is 12.9. The average Bonchev–Trinajstić information content (AvgIpc) is 3.03. The minimum absolute atomic E-state index is 0.00713. The number of carbonyl (C=O) groups is 1. The number of furan rings is 1. The Bertz CT molecular complexity index is 1430. The second kappa shape index (κ2) is 7.45. The molecule has 1 heterocycles. The third-order valence-corrected chi connectivity index (χ3v) is 6.07. The molecule has 4 aromatic rings. The number of hydrogen-bond acceptors (Lipinski definition) is 5. The van der Waals surface area contributed by atoms with Crippen molar-refractivity contribution < 1.29 is 17.6 Å². The molecule has 0 aliphatic heterocycles. The molecule has 0 unspecified atom stereocenters. The van der Waals surface area contributed by atoms with Crippen LogP contribution in [0.3, 0.4) is 0 Å². The van der Waals surface area contributed by atoms with E-state index in [2.05, 4.69) is 0 Å². The summed E-state index contributed by atoms with van der Waals surface area (Å²) in [5, 5.41) is 6.35. The first-order chi connectivity index (χ1) is 14.1. The third-order valence-electron chi connectivity index (χ3n) is 4.61. The van der Waals surface area contributed by atoms with Crippen LogP contribution < -0.4 is 10.9 Å². The lowest BCUT2D eigenvalue weighted by atomic mass is 10.0. The van der Waals surface area contributed by atoms with E-state index in [-0.39, 0.29) is 26.9 Å². The average molecular weight is 461 g/mol. The summed E-state index contributed by atoms with van der Waals surface area (Å²) in [7, 11) is -3.84. The zero-order chi connectivity index (χ0) is 21.6. The first-order valence-electron chi connectivity index (χ1n) is 8.60. The fraction of sp³-hybridized carbons (Fsp3) is 0. The Morgan fingerprint density at radius 3 is 2.37 bits per heavy atom. The molecule has 6 nitrogen and oxygen atoms in total. The topological polar surface area (TPSA) is 116 Å². The number of ketones is 1. The van der Waals surface area contributed by atoms with Gasteiger partial charge in [0.2, 0.25) is 15.8 Å². The molecule has 3 aromatic carbocycles. The normalized spacial score (nSPS) is 11.7. The van der Waals surface area contributed by atoms with Crippen LogP contribution in [0.25, 0.3) is 22.1 Å². The summed E-state index contributed by atoms with van der Waals surface area (Å²) in [6.07, 6.45) is 0. The van der Waals surface area contributed by atoms with E-state index in [1.54, 1.807) is 36.4 Å². The summed E-state index contributed by atoms with van der Waals surface area (Å²) >= 11 is 12.0. The number of carbonyl (C=O) groups excluding carboxylic acids is 1. The number of halogens is 2. The number of hydrogen-bond donors (Lipinski definition) is 2. The highest BCUT2D eigenvalue weighted by Gasteiger charge is 2.22. The Morgan fingerprint density at radius 2 is 1.67 bits per heavy atom. The van der Waals surface area contributed by atoms with Gasteiger partial charge in [0.25, 0.3) is 0 Å². The van der Waals surface area contributed by atoms with Crippen LogP contribution in [0.2, 0.25) is 10.0 Å². The van der Waals surface area contributed by atoms with Crippen molar-refractivity contribution >= 4 is 55.7 Å². The van der Waals surface area contributed by atoms with Crippen molar-refractivity contribution in [1.82, 2.24) is 0 Å². The number of nitrogen functional groups attached to an aromatic ring is 1. The van der Waals surface area contributed by atoms with Gasteiger partial charge in [-0.05, 0) is 53.6 Å². The quantitative estimate of drug-likeness (QED) is 0.421. The molecule has 9 heteroatoms. The molecule has 0 aliphatic rings. The maximum atomic E-state index is 12.9. The van der Waals surface area contributed by atoms with E-state index in [0.29, 0.717) is 27.1 Å². The summed E-state index contributed by atoms with van der Waals surface area (Å²) in [5.74, 6) is -0.507. The van der Waals surface area contributed by atoms with Gasteiger partial charge in [0.15, 0.2) is 5.76 Å². The second-order valence-electron chi connectivity index (χ2n) is 6.58. The molecule has 0 fully saturated rings. The Kier molecular flexibility index (Phi) is 5.07. The van der Waals surface area contributed by atoms with Gasteiger partial charge in [0.05, 0.1) is 15.6 Å². The summed E-state index contributed by atoms with van der Waals surface area (Å²) < 4.78 is 29.0. The predicted molar refractivity (Wildman–Crippen MR) is 117 cm³/mol. The highest BCUT2D eigenvalue weighted by Crippen LogP contribution is 2.35. The molecule has 1 aromatic heterocycles. The molecular formula is C21H14Cl2N2O4S. The third kappa shape index (κ3) is 3.68. The predicted octanol–water partition coefficient (Wildman–Crippen LogP) is 4.87. The number of rotatable bonds is 4. The van der Waals surface area contributed by atoms with Crippen molar-refractivity contribution in [2.45, 2.75) is 4.90 Å². The fourth-order valence-electron chi connectivity index (χ4n) is 3.11. The Labute approximate surface area is 182 Å². The van der Waals surface area contributed by atoms with Crippen LogP contribution in [0.4, 0.5) is 5.69 Å². The van der Waals surface area contributed by atoms with Gasteiger partial charge in [-0.15, -0.1) is 0 Å². The van der Waals surface area contributed by atoms with E-state index in [1.807, 2.05) is 0 Å². The lowest BCUT2D eigenvalue weighted by Crippen LogP contribution is -2.11. The summed E-state index contributed by atoms with van der Waals surface area (Å²) in [6, 6.07) is 15.8. The molecule has 0 atom stereocenters. The van der Waals surface area contributed by atoms with E-state index in [4.69, 9.17) is 38.5 Å². The lowest BCUT2D eigenvalue weighted by molar-refractivity contribution is 0.101. The Balaban J connectivity index is 1.80. The van der Waals surface area contributed by atoms with Crippen molar-refractivity contribution in [3.05, 3.63) is 82.0 Å². The zero-order valence-electron chi connectivity index (χ0n) is 15.2. The standard InChI is InChI=1S/C21H14Cl2N2O4S/c22-13-5-7-15(17(23)10-13)20(26)21-19(24)16-6-4-12(9-18(16)29-21)11-2-1-3-14(8-11)30(25,27)28/h1-10H,24H2,(H2,25,27,28). The SMILES string of the molecule is Nc1c(C(=O)c2ccc(Cl)cc2Cl)oc2cc(-c3cccc(S(N)(=O)=O)c3)ccc12. The van der Waals surface area contributed by atoms with E-state index < -0.39 is 15.8 Å². The minimum Gasteiger partial charge on any atom is -0.450 e. The van der Waals surface area contributed by atoms with Crippen molar-refractivity contribution in [2.75, 3.05) is 5.73 Å². The van der Waals surface area contributed by atoms with Crippen LogP contribution in [0.5, 0.6) is 0 Å². The van der Waals surface area contributed by atoms with Crippen LogP contribution in [0, 0.1) is 0 Å². The van der Waals surface area contributed by atoms with E-state index in [9.17, 15) is 13.2 Å². The second-order valence-corrected chi connectivity index (χ2v) is 8.99. The number of anilines is 1. The molecule has 0 amide bonds. The molecule has 0 saturated carbocycles. The Hall–Kier alpha value is -2.84. The number of sulfonamides is 1. The van der Waals surface area contributed by atoms with Gasteiger partial charge in [0, 0.05) is 16.0 Å². The molecule has 0 aliphatic carbocycles. The molecule has 30 heavy (non-hydrogen) atoms. The van der Waals surface area contributed by atoms with Crippen molar-refractivity contribution in [3.8, 4) is 11.1 Å². The molecular weight excluding hydrogens is 447 g/mol. The van der Waals surface area contributed by atoms with Gasteiger partial charge in [0.1, 0.15) is 5.58 Å². The summed E-state index contributed by atoms with van der Waals surface area (Å²) in [5.41, 5.74) is 8.21. The van der Waals surface area contributed by atoms with Gasteiger partial charge in [-0.1, -0.05) is 41.4 Å².